The largest absolute Gasteiger partial charge is 0.269 e. The number of hydrogen-bond donors (Lipinski definition) is 0. The molecule has 0 unspecified atom stereocenters. The fourth-order valence-electron chi connectivity index (χ4n) is 2.00. The standard InChI is InChI=1S/C15H12Cl2N2O4S/c1-2-10-18(14-5-3-4-13(16)15(14)17)24(22,23)12-8-6-11(7-9-12)19(20)21/h2-9H,1,10H2. The molecule has 2 rings (SSSR count). The molecule has 9 heteroatoms. The van der Waals surface area contributed by atoms with E-state index in [9.17, 15) is 18.5 Å². The highest BCUT2D eigenvalue weighted by Gasteiger charge is 2.26. The highest BCUT2D eigenvalue weighted by atomic mass is 35.5. The molecule has 0 bridgehead atoms. The Morgan fingerprint density at radius 2 is 1.79 bits per heavy atom. The Labute approximate surface area is 149 Å². The number of non-ortho nitro benzene ring substituents is 1. The number of nitrogens with zero attached hydrogens (tertiary/aromatic N) is 2. The van der Waals surface area contributed by atoms with Gasteiger partial charge >= 0.3 is 0 Å². The molecule has 2 aromatic rings. The average molecular weight is 387 g/mol. The van der Waals surface area contributed by atoms with Gasteiger partial charge in [0, 0.05) is 12.1 Å². The maximum atomic E-state index is 12.9. The van der Waals surface area contributed by atoms with Crippen molar-refractivity contribution in [1.82, 2.24) is 0 Å². The second kappa shape index (κ2) is 7.21. The van der Waals surface area contributed by atoms with Gasteiger partial charge in [-0.3, -0.25) is 14.4 Å². The minimum absolute atomic E-state index is 0.0423. The fraction of sp³-hybridized carbons (Fsp3) is 0.0667. The van der Waals surface area contributed by atoms with Crippen LogP contribution in [0.25, 0.3) is 0 Å². The Morgan fingerprint density at radius 3 is 2.33 bits per heavy atom. The molecule has 0 radical (unpaired) electrons. The van der Waals surface area contributed by atoms with Crippen molar-refractivity contribution in [3.8, 4) is 0 Å². The summed E-state index contributed by atoms with van der Waals surface area (Å²) in [5, 5.41) is 11.0. The maximum absolute atomic E-state index is 12.9. The van der Waals surface area contributed by atoms with Crippen molar-refractivity contribution in [3.63, 3.8) is 0 Å². The number of anilines is 1. The Bertz CT molecular complexity index is 883. The number of nitro groups is 1. The molecule has 0 atom stereocenters. The highest BCUT2D eigenvalue weighted by molar-refractivity contribution is 7.92. The molecule has 0 aromatic heterocycles. The number of halogens is 2. The van der Waals surface area contributed by atoms with Crippen LogP contribution in [-0.4, -0.2) is 19.9 Å². The lowest BCUT2D eigenvalue weighted by Gasteiger charge is -2.24. The van der Waals surface area contributed by atoms with Gasteiger partial charge in [-0.1, -0.05) is 35.3 Å². The molecule has 0 heterocycles. The van der Waals surface area contributed by atoms with Crippen LogP contribution in [0.4, 0.5) is 11.4 Å². The number of rotatable bonds is 6. The summed E-state index contributed by atoms with van der Waals surface area (Å²) in [6.45, 7) is 3.51. The second-order valence-corrected chi connectivity index (χ2v) is 7.30. The fourth-order valence-corrected chi connectivity index (χ4v) is 3.89. The second-order valence-electron chi connectivity index (χ2n) is 4.65. The molecule has 0 aliphatic heterocycles. The van der Waals surface area contributed by atoms with E-state index in [2.05, 4.69) is 6.58 Å². The molecule has 6 nitrogen and oxygen atoms in total. The van der Waals surface area contributed by atoms with E-state index >= 15 is 0 Å². The number of nitro benzene ring substituents is 1. The van der Waals surface area contributed by atoms with Crippen LogP contribution in [0.1, 0.15) is 0 Å². The van der Waals surface area contributed by atoms with Gasteiger partial charge in [-0.15, -0.1) is 6.58 Å². The summed E-state index contributed by atoms with van der Waals surface area (Å²) in [5.41, 5.74) is -0.00701. The summed E-state index contributed by atoms with van der Waals surface area (Å²) in [4.78, 5) is 9.99. The molecular weight excluding hydrogens is 375 g/mol. The van der Waals surface area contributed by atoms with Gasteiger partial charge in [-0.2, -0.15) is 0 Å². The van der Waals surface area contributed by atoms with Crippen molar-refractivity contribution in [3.05, 3.63) is 75.3 Å². The molecule has 0 saturated carbocycles. The number of benzene rings is 2. The van der Waals surface area contributed by atoms with E-state index in [1.54, 1.807) is 6.07 Å². The van der Waals surface area contributed by atoms with Crippen molar-refractivity contribution in [2.75, 3.05) is 10.8 Å². The first-order valence-electron chi connectivity index (χ1n) is 6.61. The quantitative estimate of drug-likeness (QED) is 0.421. The van der Waals surface area contributed by atoms with Crippen molar-refractivity contribution in [2.45, 2.75) is 4.90 Å². The van der Waals surface area contributed by atoms with E-state index < -0.39 is 14.9 Å². The predicted molar refractivity (Wildman–Crippen MR) is 94.3 cm³/mol. The summed E-state index contributed by atoms with van der Waals surface area (Å²) in [6, 6.07) is 9.21. The van der Waals surface area contributed by atoms with Crippen LogP contribution in [0.2, 0.25) is 10.0 Å². The zero-order valence-electron chi connectivity index (χ0n) is 12.2. The molecule has 0 amide bonds. The van der Waals surface area contributed by atoms with Crippen molar-refractivity contribution in [1.29, 1.82) is 0 Å². The van der Waals surface area contributed by atoms with Gasteiger partial charge in [0.1, 0.15) is 0 Å². The maximum Gasteiger partial charge on any atom is 0.269 e. The first-order valence-corrected chi connectivity index (χ1v) is 8.80. The van der Waals surface area contributed by atoms with Gasteiger partial charge in [-0.05, 0) is 24.3 Å². The van der Waals surface area contributed by atoms with Gasteiger partial charge in [0.2, 0.25) is 0 Å². The molecule has 0 saturated heterocycles. The van der Waals surface area contributed by atoms with Crippen molar-refractivity contribution >= 4 is 44.6 Å². The lowest BCUT2D eigenvalue weighted by Crippen LogP contribution is -2.31. The summed E-state index contributed by atoms with van der Waals surface area (Å²) < 4.78 is 26.8. The third kappa shape index (κ3) is 3.53. The molecule has 0 fully saturated rings. The predicted octanol–water partition coefficient (Wildman–Crippen LogP) is 4.28. The summed E-state index contributed by atoms with van der Waals surface area (Å²) in [6.07, 6.45) is 1.40. The molecular formula is C15H12Cl2N2O4S. The molecule has 0 aliphatic rings. The van der Waals surface area contributed by atoms with Gasteiger partial charge in [0.25, 0.3) is 15.7 Å². The van der Waals surface area contributed by atoms with Crippen LogP contribution < -0.4 is 4.31 Å². The van der Waals surface area contributed by atoms with Crippen LogP contribution in [0, 0.1) is 10.1 Å². The zero-order valence-corrected chi connectivity index (χ0v) is 14.6. The third-order valence-electron chi connectivity index (χ3n) is 3.13. The van der Waals surface area contributed by atoms with E-state index in [0.29, 0.717) is 0 Å². The minimum Gasteiger partial charge on any atom is -0.261 e. The normalized spacial score (nSPS) is 11.1. The van der Waals surface area contributed by atoms with Gasteiger partial charge < -0.3 is 0 Å². The number of sulfonamides is 1. The minimum atomic E-state index is -4.00. The van der Waals surface area contributed by atoms with Crippen molar-refractivity contribution < 1.29 is 13.3 Å². The van der Waals surface area contributed by atoms with Gasteiger partial charge in [0.15, 0.2) is 0 Å². The smallest absolute Gasteiger partial charge is 0.261 e. The van der Waals surface area contributed by atoms with Crippen LogP contribution in [-0.2, 0) is 10.0 Å². The summed E-state index contributed by atoms with van der Waals surface area (Å²) in [5.74, 6) is 0. The SMILES string of the molecule is C=CCN(c1cccc(Cl)c1Cl)S(=O)(=O)c1ccc([N+](=O)[O-])cc1. The van der Waals surface area contributed by atoms with Crippen LogP contribution in [0.3, 0.4) is 0 Å². The van der Waals surface area contributed by atoms with Crippen molar-refractivity contribution in [2.24, 2.45) is 0 Å². The van der Waals surface area contributed by atoms with Crippen LogP contribution in [0.15, 0.2) is 60.0 Å². The van der Waals surface area contributed by atoms with E-state index in [-0.39, 0.29) is 32.9 Å². The first kappa shape index (κ1) is 18.3. The molecule has 126 valence electrons. The molecule has 0 spiro atoms. The van der Waals surface area contributed by atoms with E-state index in [4.69, 9.17) is 23.2 Å². The first-order chi connectivity index (χ1) is 11.3. The Balaban J connectivity index is 2.55. The number of hydrogen-bond acceptors (Lipinski definition) is 4. The summed E-state index contributed by atoms with van der Waals surface area (Å²) >= 11 is 12.1. The topological polar surface area (TPSA) is 80.5 Å². The van der Waals surface area contributed by atoms with E-state index in [0.717, 1.165) is 16.4 Å². The molecule has 0 N–H and O–H groups in total. The molecule has 24 heavy (non-hydrogen) atoms. The Morgan fingerprint density at radius 1 is 1.17 bits per heavy atom. The lowest BCUT2D eigenvalue weighted by atomic mass is 10.3. The third-order valence-corrected chi connectivity index (χ3v) is 5.73. The lowest BCUT2D eigenvalue weighted by molar-refractivity contribution is -0.384. The monoisotopic (exact) mass is 386 g/mol. The van der Waals surface area contributed by atoms with Gasteiger partial charge in [0.05, 0.1) is 32.1 Å². The average Bonchev–Trinajstić information content (AvgIpc) is 2.55. The Kier molecular flexibility index (Phi) is 5.48. The van der Waals surface area contributed by atoms with Crippen LogP contribution in [0.5, 0.6) is 0 Å². The Hall–Kier alpha value is -2.09. The molecule has 0 aliphatic carbocycles. The molecule has 2 aromatic carbocycles. The van der Waals surface area contributed by atoms with E-state index in [1.165, 1.54) is 30.3 Å². The van der Waals surface area contributed by atoms with Crippen LogP contribution >= 0.6 is 23.2 Å². The zero-order chi connectivity index (χ0) is 17.9. The highest BCUT2D eigenvalue weighted by Crippen LogP contribution is 2.35. The summed E-state index contributed by atoms with van der Waals surface area (Å²) in [7, 11) is -4.00. The van der Waals surface area contributed by atoms with E-state index in [1.807, 2.05) is 0 Å². The van der Waals surface area contributed by atoms with Gasteiger partial charge in [-0.25, -0.2) is 8.42 Å².